The Morgan fingerprint density at radius 2 is 1.76 bits per heavy atom. The van der Waals surface area contributed by atoms with Gasteiger partial charge in [-0.25, -0.2) is 14.8 Å². The minimum absolute atomic E-state index is 0.113. The highest BCUT2D eigenvalue weighted by Crippen LogP contribution is 2.32. The van der Waals surface area contributed by atoms with Crippen LogP contribution >= 0.6 is 11.3 Å². The third-order valence-electron chi connectivity index (χ3n) is 6.90. The predicted octanol–water partition coefficient (Wildman–Crippen LogP) is 6.61. The molecule has 0 unspecified atom stereocenters. The summed E-state index contributed by atoms with van der Waals surface area (Å²) in [5.74, 6) is 1.28. The van der Waals surface area contributed by atoms with E-state index < -0.39 is 17.3 Å². The van der Waals surface area contributed by atoms with E-state index >= 15 is 0 Å². The van der Waals surface area contributed by atoms with Crippen molar-refractivity contribution < 1.29 is 27.4 Å². The molecule has 2 aromatic heterocycles. The van der Waals surface area contributed by atoms with Crippen molar-refractivity contribution in [2.45, 2.75) is 51.9 Å². The Morgan fingerprint density at radius 3 is 2.43 bits per heavy atom. The molecule has 1 aliphatic rings. The summed E-state index contributed by atoms with van der Waals surface area (Å²) in [6.45, 7) is 7.38. The van der Waals surface area contributed by atoms with Gasteiger partial charge in [0.15, 0.2) is 11.6 Å². The number of carbonyl (C=O) groups is 1. The highest BCUT2D eigenvalue weighted by atomic mass is 32.1. The Balaban J connectivity index is 1.20. The fraction of sp³-hybridized carbons (Fsp3) is 0.400. The van der Waals surface area contributed by atoms with Gasteiger partial charge in [-0.1, -0.05) is 29.5 Å². The number of piperidine rings is 1. The lowest BCUT2D eigenvalue weighted by Gasteiger charge is -2.33. The quantitative estimate of drug-likeness (QED) is 0.248. The molecule has 3 heterocycles. The molecule has 0 saturated carbocycles. The molecule has 8 nitrogen and oxygen atoms in total. The molecule has 0 aliphatic carbocycles. The third kappa shape index (κ3) is 7.10. The second-order valence-electron chi connectivity index (χ2n) is 11.3. The number of benzene rings is 2. The van der Waals surface area contributed by atoms with Gasteiger partial charge in [0.25, 0.3) is 0 Å². The Kier molecular flexibility index (Phi) is 8.27. The lowest BCUT2D eigenvalue weighted by molar-refractivity contribution is -0.137. The number of nitrogens with zero attached hydrogens (tertiary/aromatic N) is 4. The third-order valence-corrected chi connectivity index (χ3v) is 7.86. The predicted molar refractivity (Wildman–Crippen MR) is 154 cm³/mol. The molecular weight excluding hydrogens is 569 g/mol. The Hall–Kier alpha value is -3.93. The van der Waals surface area contributed by atoms with Crippen LogP contribution in [-0.4, -0.2) is 50.8 Å². The summed E-state index contributed by atoms with van der Waals surface area (Å²) < 4.78 is 53.0. The van der Waals surface area contributed by atoms with Gasteiger partial charge in [-0.05, 0) is 69.4 Å². The van der Waals surface area contributed by atoms with Crippen molar-refractivity contribution in [3.8, 4) is 17.1 Å². The second-order valence-corrected chi connectivity index (χ2v) is 12.3. The standard InChI is InChI=1S/C30H31F3N4O4S/c1-29(2,3)41-27(38)36-11-9-19(10-12-36)18-40-23-15-34-26(35-16-23)21-6-4-5-20(13-21)17-37-24-14-22(30(31,32)33)7-8-25(24)42-28(37)39/h4-8,13-16,19H,9-12,17-18H2,1-3H3. The number of halogens is 3. The van der Waals surface area contributed by atoms with Crippen molar-refractivity contribution in [1.82, 2.24) is 19.4 Å². The number of thiazole rings is 1. The van der Waals surface area contributed by atoms with Crippen LogP contribution in [0.3, 0.4) is 0 Å². The van der Waals surface area contributed by atoms with Crippen LogP contribution in [0.2, 0.25) is 0 Å². The summed E-state index contributed by atoms with van der Waals surface area (Å²) in [5.41, 5.74) is 0.369. The lowest BCUT2D eigenvalue weighted by atomic mass is 9.98. The topological polar surface area (TPSA) is 86.5 Å². The first-order chi connectivity index (χ1) is 19.9. The average Bonchev–Trinajstić information content (AvgIpc) is 3.25. The number of hydrogen-bond donors (Lipinski definition) is 0. The van der Waals surface area contributed by atoms with E-state index in [1.54, 1.807) is 29.4 Å². The number of rotatable bonds is 6. The molecule has 42 heavy (non-hydrogen) atoms. The fourth-order valence-electron chi connectivity index (χ4n) is 4.74. The number of alkyl halides is 3. The maximum absolute atomic E-state index is 13.3. The van der Waals surface area contributed by atoms with E-state index in [-0.39, 0.29) is 23.0 Å². The summed E-state index contributed by atoms with van der Waals surface area (Å²) in [4.78, 5) is 35.1. The van der Waals surface area contributed by atoms with Gasteiger partial charge in [0.1, 0.15) is 5.60 Å². The molecule has 222 valence electrons. The molecule has 1 saturated heterocycles. The molecule has 12 heteroatoms. The number of fused-ring (bicyclic) bond motifs is 1. The highest BCUT2D eigenvalue weighted by Gasteiger charge is 2.31. The van der Waals surface area contributed by atoms with E-state index in [1.807, 2.05) is 32.9 Å². The SMILES string of the molecule is CC(C)(C)OC(=O)N1CCC(COc2cnc(-c3cccc(Cn4c(=O)sc5ccc(C(F)(F)F)cc54)c3)nc2)CC1. The molecule has 2 aromatic carbocycles. The van der Waals surface area contributed by atoms with E-state index in [2.05, 4.69) is 9.97 Å². The average molecular weight is 601 g/mol. The number of aromatic nitrogens is 3. The van der Waals surface area contributed by atoms with Gasteiger partial charge in [-0.2, -0.15) is 13.2 Å². The van der Waals surface area contributed by atoms with Crippen LogP contribution in [-0.2, 0) is 17.5 Å². The zero-order valence-corrected chi connectivity index (χ0v) is 24.3. The highest BCUT2D eigenvalue weighted by molar-refractivity contribution is 7.16. The first-order valence-electron chi connectivity index (χ1n) is 13.6. The van der Waals surface area contributed by atoms with Crippen LogP contribution in [0.1, 0.15) is 44.7 Å². The maximum Gasteiger partial charge on any atom is 0.416 e. The van der Waals surface area contributed by atoms with Gasteiger partial charge in [0.05, 0.1) is 41.3 Å². The van der Waals surface area contributed by atoms with Gasteiger partial charge < -0.3 is 14.4 Å². The molecule has 0 atom stereocenters. The van der Waals surface area contributed by atoms with Crippen LogP contribution in [0.5, 0.6) is 5.75 Å². The van der Waals surface area contributed by atoms with E-state index in [0.717, 1.165) is 41.9 Å². The number of likely N-dealkylation sites (tertiary alicyclic amines) is 1. The van der Waals surface area contributed by atoms with Gasteiger partial charge in [-0.15, -0.1) is 0 Å². The molecule has 5 rings (SSSR count). The van der Waals surface area contributed by atoms with Crippen molar-refractivity contribution in [2.75, 3.05) is 19.7 Å². The zero-order valence-electron chi connectivity index (χ0n) is 23.5. The molecular formula is C30H31F3N4O4S. The summed E-state index contributed by atoms with van der Waals surface area (Å²) in [6, 6.07) is 10.6. The lowest BCUT2D eigenvalue weighted by Crippen LogP contribution is -2.42. The molecule has 1 aliphatic heterocycles. The fourth-order valence-corrected chi connectivity index (χ4v) is 5.61. The van der Waals surface area contributed by atoms with Crippen LogP contribution < -0.4 is 9.61 Å². The number of carbonyl (C=O) groups excluding carboxylic acids is 1. The maximum atomic E-state index is 13.3. The summed E-state index contributed by atoms with van der Waals surface area (Å²) in [5, 5.41) is 0. The summed E-state index contributed by atoms with van der Waals surface area (Å²) in [6.07, 6.45) is 0.0292. The first-order valence-corrected chi connectivity index (χ1v) is 14.4. The van der Waals surface area contributed by atoms with Crippen molar-refractivity contribution in [3.63, 3.8) is 0 Å². The molecule has 0 bridgehead atoms. The largest absolute Gasteiger partial charge is 0.490 e. The van der Waals surface area contributed by atoms with Gasteiger partial charge in [0.2, 0.25) is 0 Å². The van der Waals surface area contributed by atoms with E-state index in [4.69, 9.17) is 9.47 Å². The normalized spacial score (nSPS) is 14.8. The minimum atomic E-state index is -4.50. The molecule has 1 fully saturated rings. The number of ether oxygens (including phenoxy) is 2. The van der Waals surface area contributed by atoms with Gasteiger partial charge >= 0.3 is 17.1 Å². The van der Waals surface area contributed by atoms with Crippen molar-refractivity contribution in [1.29, 1.82) is 0 Å². The van der Waals surface area contributed by atoms with Crippen molar-refractivity contribution in [3.05, 3.63) is 75.7 Å². The number of amides is 1. The second kappa shape index (κ2) is 11.7. The van der Waals surface area contributed by atoms with Crippen LogP contribution in [0.25, 0.3) is 21.6 Å². The van der Waals surface area contributed by atoms with Crippen molar-refractivity contribution in [2.24, 2.45) is 5.92 Å². The van der Waals surface area contributed by atoms with E-state index in [0.29, 0.717) is 47.5 Å². The first kappa shape index (κ1) is 29.6. The Labute approximate surface area is 244 Å². The monoisotopic (exact) mass is 600 g/mol. The molecule has 0 spiro atoms. The molecule has 1 amide bonds. The Morgan fingerprint density at radius 1 is 1.05 bits per heavy atom. The van der Waals surface area contributed by atoms with E-state index in [1.165, 1.54) is 10.6 Å². The zero-order chi connectivity index (χ0) is 30.1. The summed E-state index contributed by atoms with van der Waals surface area (Å²) >= 11 is 0.916. The number of hydrogen-bond acceptors (Lipinski definition) is 7. The Bertz CT molecular complexity index is 1620. The van der Waals surface area contributed by atoms with Crippen LogP contribution in [0.4, 0.5) is 18.0 Å². The molecule has 0 N–H and O–H groups in total. The van der Waals surface area contributed by atoms with E-state index in [9.17, 15) is 22.8 Å². The molecule has 0 radical (unpaired) electrons. The van der Waals surface area contributed by atoms with Gasteiger partial charge in [0, 0.05) is 18.7 Å². The molecule has 4 aromatic rings. The van der Waals surface area contributed by atoms with Gasteiger partial charge in [-0.3, -0.25) is 9.36 Å². The smallest absolute Gasteiger partial charge is 0.416 e. The minimum Gasteiger partial charge on any atom is -0.490 e. The van der Waals surface area contributed by atoms with Crippen LogP contribution in [0.15, 0.2) is 59.7 Å². The van der Waals surface area contributed by atoms with Crippen molar-refractivity contribution >= 4 is 27.6 Å². The van der Waals surface area contributed by atoms with Crippen LogP contribution in [0, 0.1) is 5.92 Å². The summed E-state index contributed by atoms with van der Waals surface area (Å²) in [7, 11) is 0.